The fourth-order valence-corrected chi connectivity index (χ4v) is 2.48. The average Bonchev–Trinajstić information content (AvgIpc) is 2.83. The minimum Gasteiger partial charge on any atom is -0.491 e. The maximum atomic E-state index is 9.96. The lowest BCUT2D eigenvalue weighted by atomic mass is 10.1. The Balaban J connectivity index is 1.82. The number of aliphatic hydroxyl groups excluding tert-OH is 1. The molecule has 1 aromatic heterocycles. The molecule has 2 aromatic rings. The normalized spacial score (nSPS) is 12.4. The largest absolute Gasteiger partial charge is 0.491 e. The Morgan fingerprint density at radius 2 is 2.20 bits per heavy atom. The van der Waals surface area contributed by atoms with Crippen LogP contribution in [0.4, 0.5) is 0 Å². The van der Waals surface area contributed by atoms with Crippen molar-refractivity contribution in [2.75, 3.05) is 12.4 Å². The molecule has 0 spiro atoms. The van der Waals surface area contributed by atoms with Crippen molar-refractivity contribution in [1.82, 2.24) is 14.8 Å². The van der Waals surface area contributed by atoms with Crippen molar-refractivity contribution in [2.24, 2.45) is 7.05 Å². The van der Waals surface area contributed by atoms with E-state index in [1.54, 1.807) is 6.33 Å². The summed E-state index contributed by atoms with van der Waals surface area (Å²) in [6.07, 6.45) is 1.10. The van der Waals surface area contributed by atoms with Crippen LogP contribution >= 0.6 is 11.8 Å². The molecule has 2 rings (SSSR count). The Hall–Kier alpha value is -1.53. The van der Waals surface area contributed by atoms with E-state index in [1.807, 2.05) is 43.7 Å². The first-order chi connectivity index (χ1) is 9.58. The number of rotatable bonds is 6. The molecule has 0 bridgehead atoms. The van der Waals surface area contributed by atoms with Crippen molar-refractivity contribution in [3.8, 4) is 5.75 Å². The SMILES string of the molecule is Cc1cccc(OCC(O)CSc2nncn2C)c1C. The van der Waals surface area contributed by atoms with Gasteiger partial charge in [-0.3, -0.25) is 0 Å². The molecule has 108 valence electrons. The minimum atomic E-state index is -0.545. The zero-order valence-electron chi connectivity index (χ0n) is 11.9. The van der Waals surface area contributed by atoms with E-state index in [9.17, 15) is 5.11 Å². The number of aliphatic hydroxyl groups is 1. The summed E-state index contributed by atoms with van der Waals surface area (Å²) in [4.78, 5) is 0. The molecule has 6 heteroatoms. The molecule has 0 amide bonds. The summed E-state index contributed by atoms with van der Waals surface area (Å²) in [6, 6.07) is 5.92. The predicted molar refractivity (Wildman–Crippen MR) is 79.1 cm³/mol. The molecule has 0 aliphatic carbocycles. The Morgan fingerprint density at radius 3 is 2.90 bits per heavy atom. The van der Waals surface area contributed by atoms with Crippen LogP contribution < -0.4 is 4.74 Å². The van der Waals surface area contributed by atoms with Crippen molar-refractivity contribution in [3.05, 3.63) is 35.7 Å². The summed E-state index contributed by atoms with van der Waals surface area (Å²) in [5.41, 5.74) is 2.30. The molecule has 0 radical (unpaired) electrons. The van der Waals surface area contributed by atoms with Gasteiger partial charge in [0.1, 0.15) is 18.7 Å². The number of hydrogen-bond donors (Lipinski definition) is 1. The summed E-state index contributed by atoms with van der Waals surface area (Å²) in [6.45, 7) is 4.34. The maximum Gasteiger partial charge on any atom is 0.190 e. The quantitative estimate of drug-likeness (QED) is 0.825. The van der Waals surface area contributed by atoms with Crippen LogP contribution in [0, 0.1) is 13.8 Å². The molecule has 20 heavy (non-hydrogen) atoms. The number of thioether (sulfide) groups is 1. The molecule has 0 aliphatic rings. The molecule has 1 heterocycles. The average molecular weight is 293 g/mol. The Kier molecular flexibility index (Phi) is 5.03. The van der Waals surface area contributed by atoms with Gasteiger partial charge in [-0.2, -0.15) is 0 Å². The van der Waals surface area contributed by atoms with E-state index in [0.717, 1.165) is 16.5 Å². The number of aromatic nitrogens is 3. The van der Waals surface area contributed by atoms with E-state index < -0.39 is 6.10 Å². The van der Waals surface area contributed by atoms with E-state index in [4.69, 9.17) is 4.74 Å². The van der Waals surface area contributed by atoms with E-state index in [1.165, 1.54) is 17.3 Å². The molecule has 0 saturated heterocycles. The molecule has 5 nitrogen and oxygen atoms in total. The Bertz CT molecular complexity index is 571. The van der Waals surface area contributed by atoms with Crippen molar-refractivity contribution >= 4 is 11.8 Å². The molecule has 0 aliphatic heterocycles. The van der Waals surface area contributed by atoms with Gasteiger partial charge in [0.2, 0.25) is 0 Å². The van der Waals surface area contributed by atoms with Crippen molar-refractivity contribution < 1.29 is 9.84 Å². The first-order valence-corrected chi connectivity index (χ1v) is 7.40. The van der Waals surface area contributed by atoms with Crippen LogP contribution in [0.25, 0.3) is 0 Å². The second-order valence-electron chi connectivity index (χ2n) is 4.70. The lowest BCUT2D eigenvalue weighted by Crippen LogP contribution is -2.20. The summed E-state index contributed by atoms with van der Waals surface area (Å²) in [5.74, 6) is 1.35. The molecule has 1 atom stereocenters. The minimum absolute atomic E-state index is 0.273. The maximum absolute atomic E-state index is 9.96. The summed E-state index contributed by atoms with van der Waals surface area (Å²) < 4.78 is 7.50. The van der Waals surface area contributed by atoms with Gasteiger partial charge < -0.3 is 14.4 Å². The number of hydrogen-bond acceptors (Lipinski definition) is 5. The smallest absolute Gasteiger partial charge is 0.190 e. The molecule has 1 unspecified atom stereocenters. The third-order valence-corrected chi connectivity index (χ3v) is 4.24. The molecular weight excluding hydrogens is 274 g/mol. The highest BCUT2D eigenvalue weighted by Crippen LogP contribution is 2.21. The van der Waals surface area contributed by atoms with Gasteiger partial charge in [-0.1, -0.05) is 23.9 Å². The second kappa shape index (κ2) is 6.76. The van der Waals surface area contributed by atoms with Crippen LogP contribution in [0.15, 0.2) is 29.7 Å². The Morgan fingerprint density at radius 1 is 1.40 bits per heavy atom. The Labute approximate surface area is 123 Å². The molecule has 0 saturated carbocycles. The molecule has 1 N–H and O–H groups in total. The molecule has 1 aromatic carbocycles. The number of benzene rings is 1. The summed E-state index contributed by atoms with van der Waals surface area (Å²) >= 11 is 1.46. The van der Waals surface area contributed by atoms with Crippen molar-refractivity contribution in [2.45, 2.75) is 25.1 Å². The predicted octanol–water partition coefficient (Wildman–Crippen LogP) is 1.96. The van der Waals surface area contributed by atoms with E-state index in [-0.39, 0.29) is 6.61 Å². The van der Waals surface area contributed by atoms with Crippen LogP contribution in [0.5, 0.6) is 5.75 Å². The van der Waals surface area contributed by atoms with Gasteiger partial charge in [-0.15, -0.1) is 10.2 Å². The van der Waals surface area contributed by atoms with Crippen LogP contribution in [0.1, 0.15) is 11.1 Å². The van der Waals surface area contributed by atoms with E-state index >= 15 is 0 Å². The highest BCUT2D eigenvalue weighted by Gasteiger charge is 2.10. The number of aryl methyl sites for hydroxylation is 2. The van der Waals surface area contributed by atoms with Gasteiger partial charge in [0.25, 0.3) is 0 Å². The van der Waals surface area contributed by atoms with Gasteiger partial charge in [0, 0.05) is 12.8 Å². The summed E-state index contributed by atoms with van der Waals surface area (Å²) in [5, 5.41) is 18.5. The number of nitrogens with zero attached hydrogens (tertiary/aromatic N) is 3. The monoisotopic (exact) mass is 293 g/mol. The zero-order valence-corrected chi connectivity index (χ0v) is 12.7. The first-order valence-electron chi connectivity index (χ1n) is 6.42. The fraction of sp³-hybridized carbons (Fsp3) is 0.429. The topological polar surface area (TPSA) is 60.2 Å². The molecular formula is C14H19N3O2S. The second-order valence-corrected chi connectivity index (χ2v) is 5.69. The first kappa shape index (κ1) is 14.9. The van der Waals surface area contributed by atoms with Crippen LogP contribution in [-0.4, -0.2) is 38.3 Å². The van der Waals surface area contributed by atoms with E-state index in [0.29, 0.717) is 5.75 Å². The van der Waals surface area contributed by atoms with Crippen LogP contribution in [0.3, 0.4) is 0 Å². The number of ether oxygens (including phenoxy) is 1. The lowest BCUT2D eigenvalue weighted by molar-refractivity contribution is 0.126. The third-order valence-electron chi connectivity index (χ3n) is 3.06. The van der Waals surface area contributed by atoms with Gasteiger partial charge in [-0.05, 0) is 31.0 Å². The van der Waals surface area contributed by atoms with E-state index in [2.05, 4.69) is 10.2 Å². The standard InChI is InChI=1S/C14H19N3O2S/c1-10-5-4-6-13(11(10)2)19-7-12(18)8-20-14-16-15-9-17(14)3/h4-6,9,12,18H,7-8H2,1-3H3. The third kappa shape index (κ3) is 3.74. The lowest BCUT2D eigenvalue weighted by Gasteiger charge is -2.14. The van der Waals surface area contributed by atoms with Gasteiger partial charge in [0.15, 0.2) is 5.16 Å². The van der Waals surface area contributed by atoms with Crippen molar-refractivity contribution in [3.63, 3.8) is 0 Å². The highest BCUT2D eigenvalue weighted by atomic mass is 32.2. The van der Waals surface area contributed by atoms with Gasteiger partial charge in [0.05, 0.1) is 6.10 Å². The van der Waals surface area contributed by atoms with Crippen molar-refractivity contribution in [1.29, 1.82) is 0 Å². The van der Waals surface area contributed by atoms with Crippen LogP contribution in [0.2, 0.25) is 0 Å². The molecule has 0 fully saturated rings. The van der Waals surface area contributed by atoms with Gasteiger partial charge in [-0.25, -0.2) is 0 Å². The zero-order chi connectivity index (χ0) is 14.5. The van der Waals surface area contributed by atoms with Crippen LogP contribution in [-0.2, 0) is 7.05 Å². The highest BCUT2D eigenvalue weighted by molar-refractivity contribution is 7.99. The summed E-state index contributed by atoms with van der Waals surface area (Å²) in [7, 11) is 1.88. The fourth-order valence-electron chi connectivity index (χ4n) is 1.69. The van der Waals surface area contributed by atoms with Gasteiger partial charge >= 0.3 is 0 Å².